The number of nitrogens with one attached hydrogen (secondary N) is 2. The molecule has 1 aliphatic carbocycles. The summed E-state index contributed by atoms with van der Waals surface area (Å²) in [4.78, 5) is 2.60. The lowest BCUT2D eigenvalue weighted by Gasteiger charge is -2.54. The van der Waals surface area contributed by atoms with E-state index in [-0.39, 0.29) is 6.04 Å². The number of likely N-dealkylation sites (tertiary alicyclic amines) is 1. The summed E-state index contributed by atoms with van der Waals surface area (Å²) in [6.07, 6.45) is 5.59. The van der Waals surface area contributed by atoms with Gasteiger partial charge < -0.3 is 10.2 Å². The molecular formula is C15H30N4O2S. The summed E-state index contributed by atoms with van der Waals surface area (Å²) < 4.78 is 27.9. The first-order valence-corrected chi connectivity index (χ1v) is 9.95. The van der Waals surface area contributed by atoms with Gasteiger partial charge in [-0.3, -0.25) is 0 Å². The minimum absolute atomic E-state index is 0.117. The second-order valence-corrected chi connectivity index (χ2v) is 9.62. The van der Waals surface area contributed by atoms with Crippen molar-refractivity contribution < 1.29 is 8.42 Å². The van der Waals surface area contributed by atoms with Crippen molar-refractivity contribution >= 4 is 10.2 Å². The molecule has 22 heavy (non-hydrogen) atoms. The van der Waals surface area contributed by atoms with Crippen LogP contribution in [0, 0.1) is 11.3 Å². The van der Waals surface area contributed by atoms with Gasteiger partial charge in [0.25, 0.3) is 10.2 Å². The largest absolute Gasteiger partial charge is 0.316 e. The van der Waals surface area contributed by atoms with Crippen molar-refractivity contribution in [3.8, 4) is 0 Å². The maximum absolute atomic E-state index is 11.9. The Morgan fingerprint density at radius 2 is 1.91 bits per heavy atom. The van der Waals surface area contributed by atoms with Crippen LogP contribution in [0.4, 0.5) is 0 Å². The molecule has 1 atom stereocenters. The summed E-state index contributed by atoms with van der Waals surface area (Å²) in [5.41, 5.74) is 0.478. The third-order valence-corrected chi connectivity index (χ3v) is 7.23. The molecule has 2 heterocycles. The monoisotopic (exact) mass is 330 g/mol. The van der Waals surface area contributed by atoms with E-state index in [4.69, 9.17) is 0 Å². The van der Waals surface area contributed by atoms with Crippen LogP contribution in [-0.2, 0) is 10.2 Å². The predicted octanol–water partition coefficient (Wildman–Crippen LogP) is 0.237. The van der Waals surface area contributed by atoms with Gasteiger partial charge >= 0.3 is 0 Å². The van der Waals surface area contributed by atoms with E-state index in [1.807, 2.05) is 0 Å². The third-order valence-electron chi connectivity index (χ3n) is 5.64. The van der Waals surface area contributed by atoms with Crippen molar-refractivity contribution in [3.63, 3.8) is 0 Å². The SMILES string of the molecule is CN(C)S(=O)(=O)NC1CCC2(CC1)CN(C[C@H]1CCNC1)C2. The standard InChI is InChI=1S/C15H30N4O2S/c1-18(2)22(20,21)17-14-3-6-15(7-4-14)11-19(12-15)10-13-5-8-16-9-13/h13-14,16-17H,3-12H2,1-2H3/t13-/m0/s1. The molecule has 0 amide bonds. The van der Waals surface area contributed by atoms with E-state index in [1.165, 1.54) is 43.4 Å². The quantitative estimate of drug-likeness (QED) is 0.758. The van der Waals surface area contributed by atoms with Gasteiger partial charge in [0.2, 0.25) is 0 Å². The molecule has 2 N–H and O–H groups in total. The Labute approximate surface area is 134 Å². The Morgan fingerprint density at radius 1 is 1.23 bits per heavy atom. The Hall–Kier alpha value is -0.210. The first kappa shape index (κ1) is 16.6. The van der Waals surface area contributed by atoms with Crippen molar-refractivity contribution in [3.05, 3.63) is 0 Å². The number of nitrogens with zero attached hydrogens (tertiary/aromatic N) is 2. The molecule has 7 heteroatoms. The molecule has 0 aromatic carbocycles. The molecule has 0 bridgehead atoms. The van der Waals surface area contributed by atoms with E-state index < -0.39 is 10.2 Å². The molecule has 1 saturated carbocycles. The minimum Gasteiger partial charge on any atom is -0.316 e. The van der Waals surface area contributed by atoms with Crippen LogP contribution in [-0.4, -0.2) is 70.5 Å². The van der Waals surface area contributed by atoms with Crippen molar-refractivity contribution in [2.75, 3.05) is 46.8 Å². The fourth-order valence-electron chi connectivity index (χ4n) is 4.25. The molecule has 0 radical (unpaired) electrons. The Bertz CT molecular complexity index is 472. The lowest BCUT2D eigenvalue weighted by molar-refractivity contribution is -0.0388. The summed E-state index contributed by atoms with van der Waals surface area (Å²) in [5, 5.41) is 3.44. The molecule has 0 aromatic rings. The van der Waals surface area contributed by atoms with Crippen LogP contribution in [0.2, 0.25) is 0 Å². The molecule has 0 unspecified atom stereocenters. The predicted molar refractivity (Wildman–Crippen MR) is 87.8 cm³/mol. The molecule has 2 aliphatic heterocycles. The number of hydrogen-bond acceptors (Lipinski definition) is 4. The Balaban J connectivity index is 1.41. The first-order valence-electron chi connectivity index (χ1n) is 8.51. The van der Waals surface area contributed by atoms with Gasteiger partial charge in [-0.1, -0.05) is 0 Å². The fourth-order valence-corrected chi connectivity index (χ4v) is 5.11. The number of rotatable bonds is 5. The van der Waals surface area contributed by atoms with Crippen molar-refractivity contribution in [2.24, 2.45) is 11.3 Å². The maximum Gasteiger partial charge on any atom is 0.279 e. The highest BCUT2D eigenvalue weighted by molar-refractivity contribution is 7.87. The van der Waals surface area contributed by atoms with Gasteiger partial charge in [0.05, 0.1) is 0 Å². The highest BCUT2D eigenvalue weighted by Gasteiger charge is 2.45. The molecule has 3 rings (SSSR count). The smallest absolute Gasteiger partial charge is 0.279 e. The normalized spacial score (nSPS) is 30.0. The van der Waals surface area contributed by atoms with Crippen molar-refractivity contribution in [1.82, 2.24) is 19.2 Å². The van der Waals surface area contributed by atoms with Crippen LogP contribution in [0.3, 0.4) is 0 Å². The van der Waals surface area contributed by atoms with E-state index in [0.29, 0.717) is 5.41 Å². The second-order valence-electron chi connectivity index (χ2n) is 7.71. The van der Waals surface area contributed by atoms with Crippen molar-refractivity contribution in [2.45, 2.75) is 38.1 Å². The van der Waals surface area contributed by atoms with Gasteiger partial charge in [-0.15, -0.1) is 0 Å². The third kappa shape index (κ3) is 3.64. The lowest BCUT2D eigenvalue weighted by atomic mass is 9.67. The van der Waals surface area contributed by atoms with Gasteiger partial charge in [0, 0.05) is 39.8 Å². The van der Waals surface area contributed by atoms with E-state index in [0.717, 1.165) is 31.6 Å². The van der Waals surface area contributed by atoms with Crippen LogP contribution < -0.4 is 10.0 Å². The summed E-state index contributed by atoms with van der Waals surface area (Å²) in [5.74, 6) is 0.834. The van der Waals surface area contributed by atoms with Gasteiger partial charge in [-0.2, -0.15) is 17.4 Å². The Kier molecular flexibility index (Phi) is 4.81. The van der Waals surface area contributed by atoms with Crippen LogP contribution in [0.1, 0.15) is 32.1 Å². The summed E-state index contributed by atoms with van der Waals surface area (Å²) in [6.45, 7) is 6.04. The topological polar surface area (TPSA) is 64.7 Å². The molecule has 128 valence electrons. The zero-order valence-corrected chi connectivity index (χ0v) is 14.7. The molecule has 0 aromatic heterocycles. The zero-order chi connectivity index (χ0) is 15.8. The van der Waals surface area contributed by atoms with Gasteiger partial charge in [0.1, 0.15) is 0 Å². The molecule has 3 fully saturated rings. The molecule has 1 spiro atoms. The minimum atomic E-state index is -3.28. The average molecular weight is 330 g/mol. The maximum atomic E-state index is 11.9. The van der Waals surface area contributed by atoms with Crippen LogP contribution in [0.15, 0.2) is 0 Å². The Morgan fingerprint density at radius 3 is 2.45 bits per heavy atom. The van der Waals surface area contributed by atoms with Crippen LogP contribution in [0.25, 0.3) is 0 Å². The van der Waals surface area contributed by atoms with Gasteiger partial charge in [-0.25, -0.2) is 0 Å². The summed E-state index contributed by atoms with van der Waals surface area (Å²) >= 11 is 0. The highest BCUT2D eigenvalue weighted by atomic mass is 32.2. The van der Waals surface area contributed by atoms with E-state index in [1.54, 1.807) is 14.1 Å². The fraction of sp³-hybridized carbons (Fsp3) is 1.00. The molecular weight excluding hydrogens is 300 g/mol. The second kappa shape index (κ2) is 6.36. The van der Waals surface area contributed by atoms with Gasteiger partial charge in [0.15, 0.2) is 0 Å². The van der Waals surface area contributed by atoms with Crippen molar-refractivity contribution in [1.29, 1.82) is 0 Å². The average Bonchev–Trinajstić information content (AvgIpc) is 2.92. The summed E-state index contributed by atoms with van der Waals surface area (Å²) in [6, 6.07) is 0.117. The van der Waals surface area contributed by atoms with E-state index in [9.17, 15) is 8.42 Å². The lowest BCUT2D eigenvalue weighted by Crippen LogP contribution is -2.60. The van der Waals surface area contributed by atoms with E-state index >= 15 is 0 Å². The molecule has 2 saturated heterocycles. The first-order chi connectivity index (χ1) is 10.4. The molecule has 6 nitrogen and oxygen atoms in total. The van der Waals surface area contributed by atoms with Crippen LogP contribution >= 0.6 is 0 Å². The van der Waals surface area contributed by atoms with E-state index in [2.05, 4.69) is 14.9 Å². The highest BCUT2D eigenvalue weighted by Crippen LogP contribution is 2.44. The zero-order valence-electron chi connectivity index (χ0n) is 13.8. The number of hydrogen-bond donors (Lipinski definition) is 2. The molecule has 3 aliphatic rings. The van der Waals surface area contributed by atoms with Crippen LogP contribution in [0.5, 0.6) is 0 Å². The van der Waals surface area contributed by atoms with Gasteiger partial charge in [-0.05, 0) is 56.5 Å². The summed E-state index contributed by atoms with van der Waals surface area (Å²) in [7, 11) is -0.129.